The molecule has 5 heteroatoms. The van der Waals surface area contributed by atoms with Crippen LogP contribution in [0.25, 0.3) is 0 Å². The van der Waals surface area contributed by atoms with Gasteiger partial charge in [0.05, 0.1) is 7.11 Å². The quantitative estimate of drug-likeness (QED) is 0.543. The summed E-state index contributed by atoms with van der Waals surface area (Å²) in [5.74, 6) is -0.0923. The molecule has 0 atom stereocenters. The van der Waals surface area contributed by atoms with Gasteiger partial charge in [0, 0.05) is 24.5 Å². The molecule has 0 aliphatic carbocycles. The van der Waals surface area contributed by atoms with E-state index in [0.717, 1.165) is 11.1 Å². The molecule has 2 aromatic carbocycles. The molecule has 0 N–H and O–H groups in total. The van der Waals surface area contributed by atoms with E-state index in [1.165, 1.54) is 25.3 Å². The lowest BCUT2D eigenvalue weighted by molar-refractivity contribution is -0.140. The number of methoxy groups -OCH3 is 1. The highest BCUT2D eigenvalue weighted by Crippen LogP contribution is 2.26. The van der Waals surface area contributed by atoms with Crippen LogP contribution in [0.15, 0.2) is 36.4 Å². The minimum atomic E-state index is -0.513. The van der Waals surface area contributed by atoms with Gasteiger partial charge in [-0.25, -0.2) is 4.39 Å². The third-order valence-corrected chi connectivity index (χ3v) is 3.89. The third kappa shape index (κ3) is 5.14. The zero-order valence-corrected chi connectivity index (χ0v) is 14.6. The highest BCUT2D eigenvalue weighted by atomic mass is 19.1. The Hall–Kier alpha value is -2.69. The molecule has 0 spiro atoms. The lowest BCUT2D eigenvalue weighted by atomic mass is 10.0. The summed E-state index contributed by atoms with van der Waals surface area (Å²) in [7, 11) is 1.36. The van der Waals surface area contributed by atoms with E-state index < -0.39 is 5.82 Å². The SMILES string of the molecule is CCC(=O)c1cc(F)cc(Oc2ccc(CCC(=O)OC)c(C)c2)c1. The number of halogens is 1. The number of aryl methyl sites for hydroxylation is 2. The van der Waals surface area contributed by atoms with Crippen molar-refractivity contribution in [2.24, 2.45) is 0 Å². The smallest absolute Gasteiger partial charge is 0.305 e. The number of hydrogen-bond acceptors (Lipinski definition) is 4. The van der Waals surface area contributed by atoms with Crippen LogP contribution < -0.4 is 4.74 Å². The summed E-state index contributed by atoms with van der Waals surface area (Å²) in [4.78, 5) is 23.0. The van der Waals surface area contributed by atoms with E-state index in [2.05, 4.69) is 4.74 Å². The molecule has 0 fully saturated rings. The third-order valence-electron chi connectivity index (χ3n) is 3.89. The predicted octanol–water partition coefficient (Wildman–Crippen LogP) is 4.62. The summed E-state index contributed by atoms with van der Waals surface area (Å²) in [6, 6.07) is 9.43. The molecule has 0 amide bonds. The van der Waals surface area contributed by atoms with E-state index in [0.29, 0.717) is 30.6 Å². The van der Waals surface area contributed by atoms with Crippen molar-refractivity contribution in [3.05, 3.63) is 58.9 Å². The van der Waals surface area contributed by atoms with Gasteiger partial charge in [-0.05, 0) is 48.7 Å². The van der Waals surface area contributed by atoms with E-state index >= 15 is 0 Å². The second kappa shape index (κ2) is 8.42. The molecule has 0 unspecified atom stereocenters. The zero-order valence-electron chi connectivity index (χ0n) is 14.6. The molecule has 0 saturated heterocycles. The van der Waals surface area contributed by atoms with Crippen molar-refractivity contribution in [3.63, 3.8) is 0 Å². The van der Waals surface area contributed by atoms with Gasteiger partial charge in [-0.1, -0.05) is 13.0 Å². The Morgan fingerprint density at radius 3 is 2.48 bits per heavy atom. The normalized spacial score (nSPS) is 10.4. The topological polar surface area (TPSA) is 52.6 Å². The van der Waals surface area contributed by atoms with E-state index in [1.807, 2.05) is 19.1 Å². The maximum absolute atomic E-state index is 13.7. The standard InChI is InChI=1S/C20H21FO4/c1-4-19(22)15-10-16(21)12-18(11-15)25-17-7-5-14(13(2)9-17)6-8-20(23)24-3/h5,7,9-12H,4,6,8H2,1-3H3. The van der Waals surface area contributed by atoms with Gasteiger partial charge in [0.25, 0.3) is 0 Å². The molecular weight excluding hydrogens is 323 g/mol. The van der Waals surface area contributed by atoms with Gasteiger partial charge in [0.2, 0.25) is 0 Å². The number of benzene rings is 2. The first-order valence-corrected chi connectivity index (χ1v) is 8.11. The zero-order chi connectivity index (χ0) is 18.4. The summed E-state index contributed by atoms with van der Waals surface area (Å²) in [5.41, 5.74) is 2.27. The van der Waals surface area contributed by atoms with Gasteiger partial charge in [-0.15, -0.1) is 0 Å². The molecule has 0 radical (unpaired) electrons. The van der Waals surface area contributed by atoms with Crippen LogP contribution in [-0.4, -0.2) is 18.9 Å². The fourth-order valence-electron chi connectivity index (χ4n) is 2.47. The van der Waals surface area contributed by atoms with Crippen LogP contribution in [0.3, 0.4) is 0 Å². The predicted molar refractivity (Wildman–Crippen MR) is 92.6 cm³/mol. The van der Waals surface area contributed by atoms with Gasteiger partial charge >= 0.3 is 5.97 Å². The van der Waals surface area contributed by atoms with E-state index in [1.54, 1.807) is 13.0 Å². The van der Waals surface area contributed by atoms with Crippen molar-refractivity contribution in [2.45, 2.75) is 33.1 Å². The number of ether oxygens (including phenoxy) is 2. The number of ketones is 1. The van der Waals surface area contributed by atoms with Gasteiger partial charge in [-0.2, -0.15) is 0 Å². The molecule has 0 bridgehead atoms. The number of Topliss-reactive ketones (excluding diaryl/α,β-unsaturated/α-hetero) is 1. The fraction of sp³-hybridized carbons (Fsp3) is 0.300. The average Bonchev–Trinajstić information content (AvgIpc) is 2.59. The number of rotatable bonds is 7. The second-order valence-electron chi connectivity index (χ2n) is 5.72. The van der Waals surface area contributed by atoms with Crippen molar-refractivity contribution in [3.8, 4) is 11.5 Å². The maximum Gasteiger partial charge on any atom is 0.305 e. The molecule has 2 rings (SSSR count). The molecule has 0 aliphatic rings. The molecule has 25 heavy (non-hydrogen) atoms. The van der Waals surface area contributed by atoms with Gasteiger partial charge < -0.3 is 9.47 Å². The number of carbonyl (C=O) groups excluding carboxylic acids is 2. The molecular formula is C20H21FO4. The largest absolute Gasteiger partial charge is 0.469 e. The second-order valence-corrected chi connectivity index (χ2v) is 5.72. The molecule has 0 heterocycles. The van der Waals surface area contributed by atoms with Crippen LogP contribution in [0, 0.1) is 12.7 Å². The van der Waals surface area contributed by atoms with Crippen LogP contribution >= 0.6 is 0 Å². The van der Waals surface area contributed by atoms with E-state index in [4.69, 9.17) is 4.74 Å². The first-order valence-electron chi connectivity index (χ1n) is 8.11. The van der Waals surface area contributed by atoms with Crippen molar-refractivity contribution in [1.82, 2.24) is 0 Å². The number of carbonyl (C=O) groups is 2. The average molecular weight is 344 g/mol. The molecule has 4 nitrogen and oxygen atoms in total. The van der Waals surface area contributed by atoms with Crippen molar-refractivity contribution < 1.29 is 23.5 Å². The minimum absolute atomic E-state index is 0.140. The first-order chi connectivity index (χ1) is 11.9. The summed E-state index contributed by atoms with van der Waals surface area (Å²) in [5, 5.41) is 0. The van der Waals surface area contributed by atoms with E-state index in [-0.39, 0.29) is 17.5 Å². The highest BCUT2D eigenvalue weighted by molar-refractivity contribution is 5.96. The monoisotopic (exact) mass is 344 g/mol. The maximum atomic E-state index is 13.7. The Bertz CT molecular complexity index is 783. The molecule has 2 aromatic rings. The van der Waals surface area contributed by atoms with Crippen molar-refractivity contribution in [1.29, 1.82) is 0 Å². The summed E-state index contributed by atoms with van der Waals surface area (Å²) < 4.78 is 24.0. The Morgan fingerprint density at radius 2 is 1.84 bits per heavy atom. The number of hydrogen-bond donors (Lipinski definition) is 0. The molecule has 0 saturated carbocycles. The minimum Gasteiger partial charge on any atom is -0.469 e. The number of esters is 1. The highest BCUT2D eigenvalue weighted by Gasteiger charge is 2.10. The van der Waals surface area contributed by atoms with E-state index in [9.17, 15) is 14.0 Å². The summed E-state index contributed by atoms with van der Waals surface area (Å²) in [6.07, 6.45) is 1.19. The first kappa shape index (κ1) is 18.6. The Balaban J connectivity index is 2.15. The lowest BCUT2D eigenvalue weighted by Gasteiger charge is -2.11. The van der Waals surface area contributed by atoms with Crippen molar-refractivity contribution in [2.75, 3.05) is 7.11 Å². The van der Waals surface area contributed by atoms with Gasteiger partial charge in [0.1, 0.15) is 17.3 Å². The molecule has 0 aliphatic heterocycles. The summed E-state index contributed by atoms with van der Waals surface area (Å²) >= 11 is 0. The fourth-order valence-corrected chi connectivity index (χ4v) is 2.47. The Morgan fingerprint density at radius 1 is 1.08 bits per heavy atom. The van der Waals surface area contributed by atoms with Gasteiger partial charge in [0.15, 0.2) is 5.78 Å². The molecule has 0 aromatic heterocycles. The Labute approximate surface area is 146 Å². The van der Waals surface area contributed by atoms with Gasteiger partial charge in [-0.3, -0.25) is 9.59 Å². The lowest BCUT2D eigenvalue weighted by Crippen LogP contribution is -2.03. The van der Waals surface area contributed by atoms with Crippen LogP contribution in [0.1, 0.15) is 41.3 Å². The van der Waals surface area contributed by atoms with Crippen LogP contribution in [0.5, 0.6) is 11.5 Å². The van der Waals surface area contributed by atoms with Crippen molar-refractivity contribution >= 4 is 11.8 Å². The van der Waals surface area contributed by atoms with Crippen LogP contribution in [0.4, 0.5) is 4.39 Å². The molecule has 132 valence electrons. The summed E-state index contributed by atoms with van der Waals surface area (Å²) in [6.45, 7) is 3.64. The van der Waals surface area contributed by atoms with Crippen LogP contribution in [-0.2, 0) is 16.0 Å². The van der Waals surface area contributed by atoms with Crippen LogP contribution in [0.2, 0.25) is 0 Å². The Kier molecular flexibility index (Phi) is 6.28.